The van der Waals surface area contributed by atoms with Gasteiger partial charge in [0.1, 0.15) is 18.3 Å². The summed E-state index contributed by atoms with van der Waals surface area (Å²) in [5.41, 5.74) is 1.55. The third kappa shape index (κ3) is 5.03. The molecule has 1 aliphatic carbocycles. The van der Waals surface area contributed by atoms with Gasteiger partial charge in [-0.15, -0.1) is 0 Å². The molecule has 1 saturated heterocycles. The first-order chi connectivity index (χ1) is 16.3. The van der Waals surface area contributed by atoms with Crippen molar-refractivity contribution < 1.29 is 33.2 Å². The number of benzene rings is 2. The summed E-state index contributed by atoms with van der Waals surface area (Å²) in [5.74, 6) is -2.82. The Morgan fingerprint density at radius 2 is 1.50 bits per heavy atom. The molecule has 0 spiro atoms. The molecule has 0 radical (unpaired) electrons. The highest BCUT2D eigenvalue weighted by Crippen LogP contribution is 2.46. The van der Waals surface area contributed by atoms with Gasteiger partial charge in [-0.3, -0.25) is 0 Å². The lowest BCUT2D eigenvalue weighted by Gasteiger charge is -2.56. The second kappa shape index (κ2) is 10.6. The van der Waals surface area contributed by atoms with E-state index in [-0.39, 0.29) is 10.0 Å². The van der Waals surface area contributed by atoms with Crippen LogP contribution in [-0.4, -0.2) is 60.1 Å². The molecule has 2 aliphatic rings. The predicted octanol–water partition coefficient (Wildman–Crippen LogP) is 4.51. The fourth-order valence-electron chi connectivity index (χ4n) is 4.42. The van der Waals surface area contributed by atoms with Crippen LogP contribution in [0, 0.1) is 0 Å². The quantitative estimate of drug-likeness (QED) is 0.270. The molecule has 2 fully saturated rings. The molecule has 1 unspecified atom stereocenters. The first-order valence-electron chi connectivity index (χ1n) is 11.3. The SMILES string of the molecule is CO[C@@]1(C)O[C@H]2[C@H](O[C@]1(C)OC)[C@@H](OC(=O)c1ccccc1)C(I)C[C@H]2OCc1ccccc1. The molecule has 34 heavy (non-hydrogen) atoms. The first kappa shape index (κ1) is 25.5. The molecule has 7 nitrogen and oxygen atoms in total. The molecule has 7 atom stereocenters. The molecule has 1 heterocycles. The number of fused-ring (bicyclic) bond motifs is 1. The maximum atomic E-state index is 12.9. The van der Waals surface area contributed by atoms with Crippen molar-refractivity contribution in [1.29, 1.82) is 0 Å². The van der Waals surface area contributed by atoms with Crippen molar-refractivity contribution in [2.45, 2.75) is 66.8 Å². The number of esters is 1. The van der Waals surface area contributed by atoms with Crippen LogP contribution in [0.2, 0.25) is 0 Å². The molecule has 0 N–H and O–H groups in total. The van der Waals surface area contributed by atoms with E-state index in [0.29, 0.717) is 18.6 Å². The molecule has 0 amide bonds. The van der Waals surface area contributed by atoms with Gasteiger partial charge in [0.25, 0.3) is 0 Å². The number of ether oxygens (including phenoxy) is 6. The summed E-state index contributed by atoms with van der Waals surface area (Å²) in [5, 5.41) is 0. The Morgan fingerprint density at radius 1 is 0.941 bits per heavy atom. The van der Waals surface area contributed by atoms with Gasteiger partial charge in [-0.2, -0.15) is 0 Å². The van der Waals surface area contributed by atoms with Crippen molar-refractivity contribution in [3.8, 4) is 0 Å². The number of halogens is 1. The van der Waals surface area contributed by atoms with Crippen molar-refractivity contribution in [3.63, 3.8) is 0 Å². The summed E-state index contributed by atoms with van der Waals surface area (Å²) < 4.78 is 36.7. The van der Waals surface area contributed by atoms with E-state index in [1.54, 1.807) is 40.2 Å². The topological polar surface area (TPSA) is 72.5 Å². The van der Waals surface area contributed by atoms with E-state index in [0.717, 1.165) is 5.56 Å². The molecule has 8 heteroatoms. The van der Waals surface area contributed by atoms with Crippen LogP contribution in [0.3, 0.4) is 0 Å². The molecule has 4 rings (SSSR count). The van der Waals surface area contributed by atoms with Crippen LogP contribution in [0.5, 0.6) is 0 Å². The standard InChI is InChI=1S/C26H31IO7/c1-25(29-3)26(2,30-4)34-23-21(32-24(28)18-13-9-6-10-14-18)19(27)15-20(22(23)33-25)31-16-17-11-7-5-8-12-17/h5-14,19-23H,15-16H2,1-4H3/t19?,20-,21+,22-,23-,25+,26+/m1/s1. The van der Waals surface area contributed by atoms with Gasteiger partial charge in [0, 0.05) is 14.2 Å². The van der Waals surface area contributed by atoms with Crippen molar-refractivity contribution in [2.75, 3.05) is 14.2 Å². The Bertz CT molecular complexity index is 958. The number of hydrogen-bond donors (Lipinski definition) is 0. The van der Waals surface area contributed by atoms with Gasteiger partial charge in [-0.25, -0.2) is 4.79 Å². The van der Waals surface area contributed by atoms with Crippen molar-refractivity contribution >= 4 is 28.6 Å². The summed E-state index contributed by atoms with van der Waals surface area (Å²) in [4.78, 5) is 12.9. The van der Waals surface area contributed by atoms with E-state index < -0.39 is 35.9 Å². The van der Waals surface area contributed by atoms with E-state index in [2.05, 4.69) is 22.6 Å². The fraction of sp³-hybridized carbons (Fsp3) is 0.500. The Kier molecular flexibility index (Phi) is 7.95. The van der Waals surface area contributed by atoms with E-state index in [1.165, 1.54) is 0 Å². The lowest BCUT2D eigenvalue weighted by Crippen LogP contribution is -2.72. The number of carbonyl (C=O) groups excluding carboxylic acids is 1. The number of rotatable bonds is 7. The highest BCUT2D eigenvalue weighted by molar-refractivity contribution is 14.1. The van der Waals surface area contributed by atoms with Crippen LogP contribution >= 0.6 is 22.6 Å². The normalized spacial score (nSPS) is 35.4. The maximum absolute atomic E-state index is 12.9. The highest BCUT2D eigenvalue weighted by atomic mass is 127. The molecule has 1 saturated carbocycles. The molecule has 1 aliphatic heterocycles. The maximum Gasteiger partial charge on any atom is 0.338 e. The molecular formula is C26H31IO7. The molecular weight excluding hydrogens is 551 g/mol. The summed E-state index contributed by atoms with van der Waals surface area (Å²) in [6.07, 6.45) is -1.39. The van der Waals surface area contributed by atoms with Gasteiger partial charge in [0.05, 0.1) is 22.2 Å². The zero-order chi connectivity index (χ0) is 24.3. The minimum atomic E-state index is -1.22. The Labute approximate surface area is 214 Å². The van der Waals surface area contributed by atoms with E-state index in [4.69, 9.17) is 28.4 Å². The largest absolute Gasteiger partial charge is 0.455 e. The predicted molar refractivity (Wildman–Crippen MR) is 134 cm³/mol. The van der Waals surface area contributed by atoms with Crippen molar-refractivity contribution in [2.24, 2.45) is 0 Å². The summed E-state index contributed by atoms with van der Waals surface area (Å²) in [6.45, 7) is 3.97. The average molecular weight is 582 g/mol. The summed E-state index contributed by atoms with van der Waals surface area (Å²) in [6, 6.07) is 18.9. The van der Waals surface area contributed by atoms with E-state index in [1.807, 2.05) is 48.5 Å². The zero-order valence-corrected chi connectivity index (χ0v) is 22.0. The Balaban J connectivity index is 1.61. The summed E-state index contributed by atoms with van der Waals surface area (Å²) in [7, 11) is 3.09. The third-order valence-corrected chi connectivity index (χ3v) is 7.93. The van der Waals surface area contributed by atoms with Gasteiger partial charge in [-0.05, 0) is 38.0 Å². The van der Waals surface area contributed by atoms with Crippen LogP contribution in [0.15, 0.2) is 60.7 Å². The van der Waals surface area contributed by atoms with Gasteiger partial charge >= 0.3 is 5.97 Å². The highest BCUT2D eigenvalue weighted by Gasteiger charge is 2.62. The second-order valence-corrected chi connectivity index (χ2v) is 10.4. The summed E-state index contributed by atoms with van der Waals surface area (Å²) >= 11 is 2.31. The monoisotopic (exact) mass is 582 g/mol. The molecule has 2 aromatic carbocycles. The zero-order valence-electron chi connectivity index (χ0n) is 19.8. The van der Waals surface area contributed by atoms with Gasteiger partial charge in [0.2, 0.25) is 11.6 Å². The van der Waals surface area contributed by atoms with E-state index >= 15 is 0 Å². The lowest BCUT2D eigenvalue weighted by atomic mass is 9.86. The van der Waals surface area contributed by atoms with E-state index in [9.17, 15) is 4.79 Å². The fourth-order valence-corrected chi connectivity index (χ4v) is 5.48. The van der Waals surface area contributed by atoms with Gasteiger partial charge in [-0.1, -0.05) is 71.1 Å². The minimum absolute atomic E-state index is 0.0658. The third-order valence-electron chi connectivity index (χ3n) is 6.71. The Hall–Kier alpha value is -1.56. The first-order valence-corrected chi connectivity index (χ1v) is 12.6. The van der Waals surface area contributed by atoms with Crippen LogP contribution in [0.1, 0.15) is 36.2 Å². The van der Waals surface area contributed by atoms with Crippen LogP contribution in [0.25, 0.3) is 0 Å². The van der Waals surface area contributed by atoms with Crippen molar-refractivity contribution in [1.82, 2.24) is 0 Å². The number of methoxy groups -OCH3 is 2. The number of hydrogen-bond acceptors (Lipinski definition) is 7. The van der Waals surface area contributed by atoms with Crippen LogP contribution in [-0.2, 0) is 35.0 Å². The number of alkyl halides is 1. The number of carbonyl (C=O) groups is 1. The van der Waals surface area contributed by atoms with Crippen LogP contribution < -0.4 is 0 Å². The smallest absolute Gasteiger partial charge is 0.338 e. The molecule has 0 aromatic heterocycles. The molecule has 2 aromatic rings. The minimum Gasteiger partial charge on any atom is -0.455 e. The van der Waals surface area contributed by atoms with Gasteiger partial charge < -0.3 is 28.4 Å². The van der Waals surface area contributed by atoms with Crippen molar-refractivity contribution in [3.05, 3.63) is 71.8 Å². The Morgan fingerprint density at radius 3 is 2.09 bits per heavy atom. The second-order valence-electron chi connectivity index (χ2n) is 8.79. The van der Waals surface area contributed by atoms with Gasteiger partial charge in [0.15, 0.2) is 0 Å². The molecule has 184 valence electrons. The molecule has 0 bridgehead atoms. The lowest BCUT2D eigenvalue weighted by molar-refractivity contribution is -0.463. The van der Waals surface area contributed by atoms with Crippen LogP contribution in [0.4, 0.5) is 0 Å². The average Bonchev–Trinajstić information content (AvgIpc) is 2.87.